The summed E-state index contributed by atoms with van der Waals surface area (Å²) < 4.78 is 10.3. The molecule has 1 aliphatic rings. The van der Waals surface area contributed by atoms with Crippen molar-refractivity contribution in [1.29, 1.82) is 0 Å². The van der Waals surface area contributed by atoms with Gasteiger partial charge in [-0.15, -0.1) is 6.42 Å². The lowest BCUT2D eigenvalue weighted by Gasteiger charge is -2.35. The molecule has 1 N–H and O–H groups in total. The Morgan fingerprint density at radius 3 is 2.83 bits per heavy atom. The average Bonchev–Trinajstić information content (AvgIpc) is 2.06. The lowest BCUT2D eigenvalue weighted by Crippen LogP contribution is -2.49. The summed E-state index contributed by atoms with van der Waals surface area (Å²) in [5.41, 5.74) is 0. The maximum Gasteiger partial charge on any atom is 0.146 e. The first-order valence-corrected chi connectivity index (χ1v) is 3.99. The molecule has 0 bridgehead atoms. The van der Waals surface area contributed by atoms with Gasteiger partial charge in [-0.05, 0) is 0 Å². The molecule has 3 nitrogen and oxygen atoms in total. The van der Waals surface area contributed by atoms with Crippen LogP contribution in [0.1, 0.15) is 6.92 Å². The molecule has 0 aromatic rings. The maximum atomic E-state index is 9.61. The van der Waals surface area contributed by atoms with Gasteiger partial charge >= 0.3 is 0 Å². The van der Waals surface area contributed by atoms with Crippen molar-refractivity contribution in [3.8, 4) is 12.3 Å². The number of aliphatic hydroxyl groups excluding tert-OH is 1. The molecule has 0 radical (unpaired) electrons. The Balaban J connectivity index is 2.64. The van der Waals surface area contributed by atoms with Gasteiger partial charge in [0.1, 0.15) is 12.2 Å². The Labute approximate surface area is 72.7 Å². The molecule has 1 saturated heterocycles. The van der Waals surface area contributed by atoms with E-state index < -0.39 is 12.2 Å². The second-order valence-corrected chi connectivity index (χ2v) is 3.09. The summed E-state index contributed by atoms with van der Waals surface area (Å²) >= 11 is 0. The number of hydrogen-bond acceptors (Lipinski definition) is 3. The first-order valence-electron chi connectivity index (χ1n) is 3.99. The molecule has 3 heteroatoms. The topological polar surface area (TPSA) is 38.7 Å². The van der Waals surface area contributed by atoms with Gasteiger partial charge in [0.2, 0.25) is 0 Å². The van der Waals surface area contributed by atoms with Crippen LogP contribution in [0.4, 0.5) is 0 Å². The van der Waals surface area contributed by atoms with Crippen molar-refractivity contribution >= 4 is 0 Å². The van der Waals surface area contributed by atoms with Crippen LogP contribution in [-0.4, -0.2) is 37.1 Å². The van der Waals surface area contributed by atoms with Crippen molar-refractivity contribution in [2.45, 2.75) is 25.2 Å². The first kappa shape index (κ1) is 9.53. The van der Waals surface area contributed by atoms with Crippen molar-refractivity contribution in [2.24, 2.45) is 5.92 Å². The van der Waals surface area contributed by atoms with Crippen molar-refractivity contribution in [3.05, 3.63) is 0 Å². The van der Waals surface area contributed by atoms with E-state index in [9.17, 15) is 5.11 Å². The Bertz CT molecular complexity index is 185. The number of terminal acetylenes is 1. The van der Waals surface area contributed by atoms with Crippen LogP contribution in [0.2, 0.25) is 0 Å². The SMILES string of the molecule is C#C[C@H]1OC[C@H](C)[C@H](OC)[C@H]1O. The summed E-state index contributed by atoms with van der Waals surface area (Å²) in [5, 5.41) is 9.61. The van der Waals surface area contributed by atoms with Gasteiger partial charge in [0.25, 0.3) is 0 Å². The molecule has 1 fully saturated rings. The predicted molar refractivity (Wildman–Crippen MR) is 44.5 cm³/mol. The van der Waals surface area contributed by atoms with E-state index in [0.717, 1.165) is 0 Å². The maximum absolute atomic E-state index is 9.61. The van der Waals surface area contributed by atoms with Crippen LogP contribution < -0.4 is 0 Å². The lowest BCUT2D eigenvalue weighted by molar-refractivity contribution is -0.152. The molecule has 0 aromatic heterocycles. The summed E-state index contributed by atoms with van der Waals surface area (Å²) in [6, 6.07) is 0. The zero-order chi connectivity index (χ0) is 9.14. The average molecular weight is 170 g/mol. The Morgan fingerprint density at radius 1 is 1.67 bits per heavy atom. The van der Waals surface area contributed by atoms with Crippen molar-refractivity contribution < 1.29 is 14.6 Å². The van der Waals surface area contributed by atoms with Gasteiger partial charge in [0.15, 0.2) is 0 Å². The van der Waals surface area contributed by atoms with Crippen LogP contribution >= 0.6 is 0 Å². The molecule has 4 atom stereocenters. The molecule has 0 amide bonds. The third-order valence-corrected chi connectivity index (χ3v) is 2.18. The molecule has 0 aromatic carbocycles. The summed E-state index contributed by atoms with van der Waals surface area (Å²) in [7, 11) is 1.57. The number of ether oxygens (including phenoxy) is 2. The van der Waals surface area contributed by atoms with Crippen LogP contribution in [0.3, 0.4) is 0 Å². The lowest BCUT2D eigenvalue weighted by atomic mass is 9.94. The number of hydrogen-bond donors (Lipinski definition) is 1. The summed E-state index contributed by atoms with van der Waals surface area (Å²) in [5.74, 6) is 2.58. The Kier molecular flexibility index (Phi) is 3.10. The van der Waals surface area contributed by atoms with Crippen LogP contribution in [-0.2, 0) is 9.47 Å². The van der Waals surface area contributed by atoms with Gasteiger partial charge in [-0.25, -0.2) is 0 Å². The molecule has 0 spiro atoms. The molecule has 0 saturated carbocycles. The fourth-order valence-corrected chi connectivity index (χ4v) is 1.48. The van der Waals surface area contributed by atoms with Crippen molar-refractivity contribution in [3.63, 3.8) is 0 Å². The fraction of sp³-hybridized carbons (Fsp3) is 0.778. The minimum Gasteiger partial charge on any atom is -0.387 e. The second kappa shape index (κ2) is 3.90. The van der Waals surface area contributed by atoms with Crippen LogP contribution in [0.5, 0.6) is 0 Å². The van der Waals surface area contributed by atoms with Gasteiger partial charge < -0.3 is 14.6 Å². The highest BCUT2D eigenvalue weighted by molar-refractivity contribution is 5.03. The standard InChI is InChI=1S/C9H14O3/c1-4-7-8(10)9(11-3)6(2)5-12-7/h1,6-10H,5H2,2-3H3/t6-,7+,8-,9-/m0/s1. The molecule has 68 valence electrons. The first-order chi connectivity index (χ1) is 5.70. The quantitative estimate of drug-likeness (QED) is 0.564. The number of methoxy groups -OCH3 is 1. The minimum absolute atomic E-state index is 0.189. The van der Waals surface area contributed by atoms with Crippen molar-refractivity contribution in [1.82, 2.24) is 0 Å². The Hall–Kier alpha value is -0.560. The third kappa shape index (κ3) is 1.61. The zero-order valence-electron chi connectivity index (χ0n) is 7.36. The summed E-state index contributed by atoms with van der Waals surface area (Å²) in [4.78, 5) is 0. The highest BCUT2D eigenvalue weighted by Gasteiger charge is 2.36. The Morgan fingerprint density at radius 2 is 2.33 bits per heavy atom. The zero-order valence-corrected chi connectivity index (χ0v) is 7.36. The molecule has 1 rings (SSSR count). The van der Waals surface area contributed by atoms with Gasteiger partial charge in [-0.3, -0.25) is 0 Å². The van der Waals surface area contributed by atoms with E-state index in [0.29, 0.717) is 6.61 Å². The highest BCUT2D eigenvalue weighted by Crippen LogP contribution is 2.21. The predicted octanol–water partition coefficient (Wildman–Crippen LogP) is 0.0304. The van der Waals surface area contributed by atoms with E-state index in [1.54, 1.807) is 7.11 Å². The molecule has 12 heavy (non-hydrogen) atoms. The monoisotopic (exact) mass is 170 g/mol. The molecule has 0 unspecified atom stereocenters. The van der Waals surface area contributed by atoms with Crippen LogP contribution in [0.25, 0.3) is 0 Å². The molecule has 0 aliphatic carbocycles. The van der Waals surface area contributed by atoms with E-state index in [2.05, 4.69) is 5.92 Å². The van der Waals surface area contributed by atoms with Crippen molar-refractivity contribution in [2.75, 3.05) is 13.7 Å². The fourth-order valence-electron chi connectivity index (χ4n) is 1.48. The number of rotatable bonds is 1. The molecule has 1 aliphatic heterocycles. The molecular weight excluding hydrogens is 156 g/mol. The highest BCUT2D eigenvalue weighted by atomic mass is 16.5. The van der Waals surface area contributed by atoms with Gasteiger partial charge in [-0.2, -0.15) is 0 Å². The van der Waals surface area contributed by atoms with Gasteiger partial charge in [0, 0.05) is 13.0 Å². The van der Waals surface area contributed by atoms with E-state index in [1.807, 2.05) is 6.92 Å². The number of aliphatic hydroxyl groups is 1. The van der Waals surface area contributed by atoms with Gasteiger partial charge in [0.05, 0.1) is 12.7 Å². The second-order valence-electron chi connectivity index (χ2n) is 3.09. The van der Waals surface area contributed by atoms with E-state index in [4.69, 9.17) is 15.9 Å². The van der Waals surface area contributed by atoms with E-state index in [-0.39, 0.29) is 12.0 Å². The minimum atomic E-state index is -0.705. The summed E-state index contributed by atoms with van der Waals surface area (Å²) in [6.45, 7) is 2.51. The smallest absolute Gasteiger partial charge is 0.146 e. The van der Waals surface area contributed by atoms with Gasteiger partial charge in [-0.1, -0.05) is 12.8 Å². The molecule has 1 heterocycles. The van der Waals surface area contributed by atoms with E-state index in [1.165, 1.54) is 0 Å². The molecular formula is C9H14O3. The van der Waals surface area contributed by atoms with Crippen LogP contribution in [0, 0.1) is 18.3 Å². The van der Waals surface area contributed by atoms with Crippen LogP contribution in [0.15, 0.2) is 0 Å². The largest absolute Gasteiger partial charge is 0.387 e. The third-order valence-electron chi connectivity index (χ3n) is 2.18. The summed E-state index contributed by atoms with van der Waals surface area (Å²) in [6.07, 6.45) is 3.73. The normalized spacial score (nSPS) is 42.2. The van der Waals surface area contributed by atoms with E-state index >= 15 is 0 Å².